The summed E-state index contributed by atoms with van der Waals surface area (Å²) in [5, 5.41) is 11.5. The lowest BCUT2D eigenvalue weighted by atomic mass is 10.0. The summed E-state index contributed by atoms with van der Waals surface area (Å²) in [5.74, 6) is -2.06. The van der Waals surface area contributed by atoms with Gasteiger partial charge in [0.2, 0.25) is 0 Å². The molecule has 0 aliphatic heterocycles. The van der Waals surface area contributed by atoms with Crippen molar-refractivity contribution in [2.75, 3.05) is 6.54 Å². The molecular weight excluding hydrogens is 290 g/mol. The molecule has 2 atom stereocenters. The quantitative estimate of drug-likeness (QED) is 0.822. The second kappa shape index (κ2) is 6.89. The minimum absolute atomic E-state index is 0.0938. The SMILES string of the molecule is CC(O)CC(C)CNC(=O)c1ccc(F)cc1C(F)(F)F. The number of hydrogen-bond donors (Lipinski definition) is 2. The van der Waals surface area contributed by atoms with Crippen LogP contribution < -0.4 is 5.32 Å². The van der Waals surface area contributed by atoms with E-state index in [0.29, 0.717) is 12.5 Å². The van der Waals surface area contributed by atoms with Crippen molar-refractivity contribution in [3.63, 3.8) is 0 Å². The number of nitrogens with one attached hydrogen (secondary N) is 1. The molecule has 1 aromatic rings. The van der Waals surface area contributed by atoms with Crippen molar-refractivity contribution < 1.29 is 27.5 Å². The van der Waals surface area contributed by atoms with Crippen LogP contribution in [-0.2, 0) is 6.18 Å². The van der Waals surface area contributed by atoms with Gasteiger partial charge in [-0.1, -0.05) is 6.92 Å². The van der Waals surface area contributed by atoms with Crippen LogP contribution in [0.15, 0.2) is 18.2 Å². The van der Waals surface area contributed by atoms with E-state index in [9.17, 15) is 27.5 Å². The van der Waals surface area contributed by atoms with Gasteiger partial charge in [-0.2, -0.15) is 13.2 Å². The molecule has 0 fully saturated rings. The first-order valence-electron chi connectivity index (χ1n) is 6.44. The highest BCUT2D eigenvalue weighted by molar-refractivity contribution is 5.95. The van der Waals surface area contributed by atoms with Gasteiger partial charge in [0, 0.05) is 6.54 Å². The van der Waals surface area contributed by atoms with Crippen molar-refractivity contribution >= 4 is 5.91 Å². The average Bonchev–Trinajstić information content (AvgIpc) is 2.34. The minimum atomic E-state index is -4.81. The van der Waals surface area contributed by atoms with Crippen LogP contribution in [0.4, 0.5) is 17.6 Å². The Hall–Kier alpha value is -1.63. The molecular formula is C14H17F4NO2. The molecule has 118 valence electrons. The third-order valence-electron chi connectivity index (χ3n) is 2.89. The molecule has 0 aliphatic rings. The highest BCUT2D eigenvalue weighted by Crippen LogP contribution is 2.32. The van der Waals surface area contributed by atoms with E-state index in [4.69, 9.17) is 0 Å². The Morgan fingerprint density at radius 3 is 2.48 bits per heavy atom. The molecule has 0 aliphatic carbocycles. The van der Waals surface area contributed by atoms with Gasteiger partial charge in [-0.15, -0.1) is 0 Å². The topological polar surface area (TPSA) is 49.3 Å². The van der Waals surface area contributed by atoms with Gasteiger partial charge in [0.05, 0.1) is 17.2 Å². The number of alkyl halides is 3. The first-order chi connectivity index (χ1) is 9.61. The van der Waals surface area contributed by atoms with Crippen LogP contribution in [0, 0.1) is 11.7 Å². The molecule has 7 heteroatoms. The van der Waals surface area contributed by atoms with Crippen LogP contribution >= 0.6 is 0 Å². The molecule has 0 heterocycles. The van der Waals surface area contributed by atoms with E-state index in [1.807, 2.05) is 0 Å². The van der Waals surface area contributed by atoms with Crippen molar-refractivity contribution in [3.8, 4) is 0 Å². The molecule has 1 aromatic carbocycles. The molecule has 0 aromatic heterocycles. The van der Waals surface area contributed by atoms with Gasteiger partial charge in [-0.25, -0.2) is 4.39 Å². The number of carbonyl (C=O) groups is 1. The number of amides is 1. The molecule has 0 bridgehead atoms. The van der Waals surface area contributed by atoms with E-state index in [-0.39, 0.29) is 12.5 Å². The van der Waals surface area contributed by atoms with E-state index in [2.05, 4.69) is 5.32 Å². The van der Waals surface area contributed by atoms with E-state index in [1.165, 1.54) is 0 Å². The number of halogens is 4. The summed E-state index contributed by atoms with van der Waals surface area (Å²) in [6, 6.07) is 1.92. The Morgan fingerprint density at radius 1 is 1.33 bits per heavy atom. The fourth-order valence-electron chi connectivity index (χ4n) is 1.98. The Labute approximate surface area is 120 Å². The van der Waals surface area contributed by atoms with Crippen LogP contribution in [0.2, 0.25) is 0 Å². The first-order valence-corrected chi connectivity index (χ1v) is 6.44. The van der Waals surface area contributed by atoms with Gasteiger partial charge in [-0.05, 0) is 37.5 Å². The second-order valence-corrected chi connectivity index (χ2v) is 5.09. The van der Waals surface area contributed by atoms with Crippen LogP contribution in [0.25, 0.3) is 0 Å². The van der Waals surface area contributed by atoms with Crippen molar-refractivity contribution in [2.45, 2.75) is 32.5 Å². The number of aliphatic hydroxyl groups is 1. The van der Waals surface area contributed by atoms with Crippen LogP contribution in [0.1, 0.15) is 36.2 Å². The number of hydrogen-bond acceptors (Lipinski definition) is 2. The zero-order chi connectivity index (χ0) is 16.2. The molecule has 2 N–H and O–H groups in total. The lowest BCUT2D eigenvalue weighted by Crippen LogP contribution is -2.31. The highest BCUT2D eigenvalue weighted by atomic mass is 19.4. The molecule has 0 saturated heterocycles. The largest absolute Gasteiger partial charge is 0.417 e. The summed E-state index contributed by atoms with van der Waals surface area (Å²) >= 11 is 0. The second-order valence-electron chi connectivity index (χ2n) is 5.09. The van der Waals surface area contributed by atoms with Gasteiger partial charge in [-0.3, -0.25) is 4.79 Å². The Bertz CT molecular complexity index is 500. The number of rotatable bonds is 5. The first kappa shape index (κ1) is 17.4. The predicted octanol–water partition coefficient (Wildman–Crippen LogP) is 2.98. The van der Waals surface area contributed by atoms with Crippen molar-refractivity contribution in [1.29, 1.82) is 0 Å². The van der Waals surface area contributed by atoms with E-state index >= 15 is 0 Å². The molecule has 0 saturated carbocycles. The summed E-state index contributed by atoms with van der Waals surface area (Å²) < 4.78 is 51.3. The molecule has 0 spiro atoms. The molecule has 0 radical (unpaired) electrons. The number of carbonyl (C=O) groups excluding carboxylic acids is 1. The maximum Gasteiger partial charge on any atom is 0.417 e. The van der Waals surface area contributed by atoms with Gasteiger partial charge >= 0.3 is 6.18 Å². The molecule has 1 amide bonds. The zero-order valence-electron chi connectivity index (χ0n) is 11.7. The molecule has 3 nitrogen and oxygen atoms in total. The third-order valence-corrected chi connectivity index (χ3v) is 2.89. The predicted molar refractivity (Wildman–Crippen MR) is 69.2 cm³/mol. The monoisotopic (exact) mass is 307 g/mol. The summed E-state index contributed by atoms with van der Waals surface area (Å²) in [7, 11) is 0. The maximum atomic E-state index is 12.9. The normalized spacial score (nSPS) is 14.6. The summed E-state index contributed by atoms with van der Waals surface area (Å²) in [6.07, 6.45) is -4.95. The van der Waals surface area contributed by atoms with Crippen LogP contribution in [0.5, 0.6) is 0 Å². The molecule has 21 heavy (non-hydrogen) atoms. The van der Waals surface area contributed by atoms with Crippen molar-refractivity contribution in [2.24, 2.45) is 5.92 Å². The van der Waals surface area contributed by atoms with Gasteiger partial charge in [0.25, 0.3) is 5.91 Å². The van der Waals surface area contributed by atoms with Crippen molar-refractivity contribution in [3.05, 3.63) is 35.1 Å². The summed E-state index contributed by atoms with van der Waals surface area (Å²) in [4.78, 5) is 11.8. The van der Waals surface area contributed by atoms with E-state index in [1.54, 1.807) is 13.8 Å². The van der Waals surface area contributed by atoms with E-state index in [0.717, 1.165) is 12.1 Å². The zero-order valence-corrected chi connectivity index (χ0v) is 11.7. The Balaban J connectivity index is 2.83. The Kier molecular flexibility index (Phi) is 5.71. The summed E-state index contributed by atoms with van der Waals surface area (Å²) in [6.45, 7) is 3.46. The number of benzene rings is 1. The third kappa shape index (κ3) is 5.34. The highest BCUT2D eigenvalue weighted by Gasteiger charge is 2.35. The molecule has 2 unspecified atom stereocenters. The van der Waals surface area contributed by atoms with E-state index < -0.39 is 35.1 Å². The Morgan fingerprint density at radius 2 is 1.95 bits per heavy atom. The average molecular weight is 307 g/mol. The van der Waals surface area contributed by atoms with Gasteiger partial charge in [0.1, 0.15) is 5.82 Å². The standard InChI is InChI=1S/C14H17F4NO2/c1-8(5-9(2)20)7-19-13(21)11-4-3-10(15)6-12(11)14(16,17)18/h3-4,6,8-9,20H,5,7H2,1-2H3,(H,19,21). The van der Waals surface area contributed by atoms with Crippen molar-refractivity contribution in [1.82, 2.24) is 5.32 Å². The fraction of sp³-hybridized carbons (Fsp3) is 0.500. The lowest BCUT2D eigenvalue weighted by molar-refractivity contribution is -0.138. The minimum Gasteiger partial charge on any atom is -0.393 e. The fourth-order valence-corrected chi connectivity index (χ4v) is 1.98. The smallest absolute Gasteiger partial charge is 0.393 e. The molecule has 1 rings (SSSR count). The number of aliphatic hydroxyl groups excluding tert-OH is 1. The lowest BCUT2D eigenvalue weighted by Gasteiger charge is -2.16. The maximum absolute atomic E-state index is 12.9. The van der Waals surface area contributed by atoms with Gasteiger partial charge < -0.3 is 10.4 Å². The van der Waals surface area contributed by atoms with Crippen LogP contribution in [0.3, 0.4) is 0 Å². The van der Waals surface area contributed by atoms with Gasteiger partial charge in [0.15, 0.2) is 0 Å². The summed E-state index contributed by atoms with van der Waals surface area (Å²) in [5.41, 5.74) is -1.92. The van der Waals surface area contributed by atoms with Crippen LogP contribution in [-0.4, -0.2) is 23.7 Å².